The second-order valence-electron chi connectivity index (χ2n) is 8.00. The van der Waals surface area contributed by atoms with Crippen molar-refractivity contribution in [1.82, 2.24) is 4.90 Å². The first-order valence-electron chi connectivity index (χ1n) is 10.7. The number of hydrogen-bond acceptors (Lipinski definition) is 5. The van der Waals surface area contributed by atoms with Crippen LogP contribution in [0.1, 0.15) is 34.5 Å². The van der Waals surface area contributed by atoms with Gasteiger partial charge in [-0.05, 0) is 49.7 Å². The molecule has 0 aliphatic rings. The van der Waals surface area contributed by atoms with Gasteiger partial charge in [-0.2, -0.15) is 0 Å². The first-order chi connectivity index (χ1) is 16.1. The van der Waals surface area contributed by atoms with E-state index in [2.05, 4.69) is 0 Å². The molecule has 0 fully saturated rings. The maximum absolute atomic E-state index is 13.1. The average molecular weight is 481 g/mol. The van der Waals surface area contributed by atoms with Crippen LogP contribution >= 0.6 is 0 Å². The first-order valence-corrected chi connectivity index (χ1v) is 12.2. The fourth-order valence-electron chi connectivity index (χ4n) is 3.32. The first kappa shape index (κ1) is 25.0. The van der Waals surface area contributed by atoms with Crippen LogP contribution in [-0.4, -0.2) is 45.9 Å². The molecule has 0 saturated carbocycles. The summed E-state index contributed by atoms with van der Waals surface area (Å²) in [4.78, 5) is 26.6. The van der Waals surface area contributed by atoms with Gasteiger partial charge in [0.25, 0.3) is 15.9 Å². The van der Waals surface area contributed by atoms with Gasteiger partial charge in [0.2, 0.25) is 0 Å². The molecule has 0 saturated heterocycles. The summed E-state index contributed by atoms with van der Waals surface area (Å²) in [7, 11) is -0.805. The van der Waals surface area contributed by atoms with Crippen LogP contribution in [0.3, 0.4) is 0 Å². The number of rotatable bonds is 8. The van der Waals surface area contributed by atoms with Crippen molar-refractivity contribution in [2.24, 2.45) is 0 Å². The van der Waals surface area contributed by atoms with Gasteiger partial charge in [-0.3, -0.25) is 9.10 Å². The number of ether oxygens (including phenoxy) is 1. The maximum atomic E-state index is 13.1. The number of esters is 1. The number of carbonyl (C=O) groups excluding carboxylic acids is 2. The number of benzene rings is 3. The zero-order valence-electron chi connectivity index (χ0n) is 19.6. The highest BCUT2D eigenvalue weighted by Gasteiger charge is 2.24. The number of hydrogen-bond donors (Lipinski definition) is 0. The van der Waals surface area contributed by atoms with Crippen molar-refractivity contribution < 1.29 is 22.7 Å². The van der Waals surface area contributed by atoms with Gasteiger partial charge >= 0.3 is 5.97 Å². The Morgan fingerprint density at radius 1 is 0.912 bits per heavy atom. The van der Waals surface area contributed by atoms with Crippen molar-refractivity contribution in [1.29, 1.82) is 0 Å². The molecule has 0 bridgehead atoms. The lowest BCUT2D eigenvalue weighted by molar-refractivity contribution is -0.135. The summed E-state index contributed by atoms with van der Waals surface area (Å²) < 4.78 is 32.5. The van der Waals surface area contributed by atoms with Gasteiger partial charge in [-0.25, -0.2) is 13.2 Å². The lowest BCUT2D eigenvalue weighted by Gasteiger charge is -2.25. The van der Waals surface area contributed by atoms with Crippen molar-refractivity contribution in [3.8, 4) is 0 Å². The van der Waals surface area contributed by atoms with Crippen LogP contribution in [0, 0.1) is 6.92 Å². The third-order valence-electron chi connectivity index (χ3n) is 5.71. The van der Waals surface area contributed by atoms with Gasteiger partial charge in [0, 0.05) is 14.1 Å². The van der Waals surface area contributed by atoms with E-state index in [-0.39, 0.29) is 22.4 Å². The Hall–Kier alpha value is -3.65. The Labute approximate surface area is 200 Å². The molecule has 0 heterocycles. The molecular weight excluding hydrogens is 452 g/mol. The quantitative estimate of drug-likeness (QED) is 0.451. The fraction of sp³-hybridized carbons (Fsp3) is 0.231. The van der Waals surface area contributed by atoms with Crippen molar-refractivity contribution in [3.05, 3.63) is 95.6 Å². The summed E-state index contributed by atoms with van der Waals surface area (Å²) in [5.74, 6) is -1.14. The lowest BCUT2D eigenvalue weighted by Crippen LogP contribution is -2.33. The predicted octanol–water partition coefficient (Wildman–Crippen LogP) is 4.20. The van der Waals surface area contributed by atoms with Crippen molar-refractivity contribution in [2.75, 3.05) is 25.0 Å². The van der Waals surface area contributed by atoms with E-state index >= 15 is 0 Å². The standard InChI is InChI=1S/C26H28N2O5S/c1-19-13-15-23(16-14-19)28(4)34(31,32)24-12-8-11-22(17-24)26(30)33-18-25(29)27(3)20(2)21-9-6-5-7-10-21/h5-17,20H,18H2,1-4H3. The minimum Gasteiger partial charge on any atom is -0.452 e. The Kier molecular flexibility index (Phi) is 7.73. The lowest BCUT2D eigenvalue weighted by atomic mass is 10.1. The largest absolute Gasteiger partial charge is 0.452 e. The minimum absolute atomic E-state index is 0.0462. The summed E-state index contributed by atoms with van der Waals surface area (Å²) in [5.41, 5.74) is 2.52. The van der Waals surface area contributed by atoms with E-state index in [4.69, 9.17) is 4.74 Å². The second-order valence-corrected chi connectivity index (χ2v) is 9.97. The Balaban J connectivity index is 1.68. The molecule has 3 aromatic rings. The molecule has 0 radical (unpaired) electrons. The van der Waals surface area contributed by atoms with E-state index in [9.17, 15) is 18.0 Å². The molecular formula is C26H28N2O5S. The highest BCUT2D eigenvalue weighted by atomic mass is 32.2. The summed E-state index contributed by atoms with van der Waals surface area (Å²) in [6, 6.07) is 22.0. The summed E-state index contributed by atoms with van der Waals surface area (Å²) >= 11 is 0. The third kappa shape index (κ3) is 5.63. The second kappa shape index (κ2) is 10.5. The highest BCUT2D eigenvalue weighted by Crippen LogP contribution is 2.23. The highest BCUT2D eigenvalue weighted by molar-refractivity contribution is 7.92. The van der Waals surface area contributed by atoms with Crippen LogP contribution in [0.4, 0.5) is 5.69 Å². The molecule has 1 amide bonds. The molecule has 3 aromatic carbocycles. The number of anilines is 1. The van der Waals surface area contributed by atoms with Crippen molar-refractivity contribution in [2.45, 2.75) is 24.8 Å². The number of nitrogens with zero attached hydrogens (tertiary/aromatic N) is 2. The zero-order valence-corrected chi connectivity index (χ0v) is 20.5. The molecule has 34 heavy (non-hydrogen) atoms. The SMILES string of the molecule is Cc1ccc(N(C)S(=O)(=O)c2cccc(C(=O)OCC(=O)N(C)C(C)c3ccccc3)c2)cc1. The van der Waals surface area contributed by atoms with Crippen molar-refractivity contribution in [3.63, 3.8) is 0 Å². The molecule has 0 aliphatic carbocycles. The van der Waals surface area contributed by atoms with Gasteiger partial charge in [0.15, 0.2) is 6.61 Å². The van der Waals surface area contributed by atoms with E-state index < -0.39 is 22.6 Å². The molecule has 0 N–H and O–H groups in total. The van der Waals surface area contributed by atoms with E-state index in [0.29, 0.717) is 5.69 Å². The molecule has 1 unspecified atom stereocenters. The van der Waals surface area contributed by atoms with Crippen LogP contribution in [0.15, 0.2) is 83.8 Å². The Morgan fingerprint density at radius 2 is 1.56 bits per heavy atom. The Morgan fingerprint density at radius 3 is 2.21 bits per heavy atom. The number of aryl methyl sites for hydroxylation is 1. The van der Waals surface area contributed by atoms with Crippen molar-refractivity contribution >= 4 is 27.6 Å². The monoisotopic (exact) mass is 480 g/mol. The number of carbonyl (C=O) groups is 2. The minimum atomic E-state index is -3.90. The topological polar surface area (TPSA) is 84.0 Å². The van der Waals surface area contributed by atoms with E-state index in [1.54, 1.807) is 19.2 Å². The third-order valence-corrected chi connectivity index (χ3v) is 7.49. The predicted molar refractivity (Wildman–Crippen MR) is 131 cm³/mol. The van der Waals surface area contributed by atoms with Crippen LogP contribution in [0.2, 0.25) is 0 Å². The van der Waals surface area contributed by atoms with Gasteiger partial charge in [-0.15, -0.1) is 0 Å². The molecule has 0 spiro atoms. The average Bonchev–Trinajstić information content (AvgIpc) is 2.86. The molecule has 3 rings (SSSR count). The van der Waals surface area contributed by atoms with Crippen LogP contribution in [0.25, 0.3) is 0 Å². The van der Waals surface area contributed by atoms with Crippen LogP contribution in [-0.2, 0) is 19.6 Å². The normalized spacial score (nSPS) is 12.0. The maximum Gasteiger partial charge on any atom is 0.338 e. The molecule has 0 aliphatic heterocycles. The molecule has 7 nitrogen and oxygen atoms in total. The number of likely N-dealkylation sites (N-methyl/N-ethyl adjacent to an activating group) is 1. The van der Waals surface area contributed by atoms with Gasteiger partial charge < -0.3 is 9.64 Å². The number of amides is 1. The fourth-order valence-corrected chi connectivity index (χ4v) is 4.56. The molecule has 1 atom stereocenters. The van der Waals surface area contributed by atoms with Crippen LogP contribution in [0.5, 0.6) is 0 Å². The van der Waals surface area contributed by atoms with Gasteiger partial charge in [0.05, 0.1) is 22.2 Å². The summed E-state index contributed by atoms with van der Waals surface area (Å²) in [6.45, 7) is 3.35. The zero-order chi connectivity index (χ0) is 24.9. The van der Waals surface area contributed by atoms with E-state index in [1.807, 2.05) is 56.3 Å². The van der Waals surface area contributed by atoms with E-state index in [1.165, 1.54) is 36.2 Å². The smallest absolute Gasteiger partial charge is 0.338 e. The summed E-state index contributed by atoms with van der Waals surface area (Å²) in [5, 5.41) is 0. The van der Waals surface area contributed by atoms with Gasteiger partial charge in [-0.1, -0.05) is 54.1 Å². The molecule has 178 valence electrons. The summed E-state index contributed by atoms with van der Waals surface area (Å²) in [6.07, 6.45) is 0. The number of sulfonamides is 1. The Bertz CT molecular complexity index is 1260. The van der Waals surface area contributed by atoms with Gasteiger partial charge in [0.1, 0.15) is 0 Å². The van der Waals surface area contributed by atoms with E-state index in [0.717, 1.165) is 15.4 Å². The van der Waals surface area contributed by atoms with Crippen LogP contribution < -0.4 is 4.31 Å². The molecule has 0 aromatic heterocycles. The molecule has 8 heteroatoms.